The van der Waals surface area contributed by atoms with E-state index in [1.165, 1.54) is 40.9 Å². The Bertz CT molecular complexity index is 1090. The molecular formula is C23H20F3N3O2S. The number of allylic oxidation sites excluding steroid dienone is 1. The van der Waals surface area contributed by atoms with E-state index in [1.807, 2.05) is 6.07 Å². The molecule has 2 aromatic rings. The molecule has 1 unspecified atom stereocenters. The lowest BCUT2D eigenvalue weighted by atomic mass is 9.92. The van der Waals surface area contributed by atoms with Gasteiger partial charge in [-0.2, -0.15) is 18.4 Å². The van der Waals surface area contributed by atoms with Gasteiger partial charge in [-0.05, 0) is 44.2 Å². The van der Waals surface area contributed by atoms with Crippen molar-refractivity contribution in [3.05, 3.63) is 77.4 Å². The van der Waals surface area contributed by atoms with Gasteiger partial charge in [0.05, 0.1) is 29.5 Å². The summed E-state index contributed by atoms with van der Waals surface area (Å²) in [5.74, 6) is -1.33. The number of ether oxygens (including phenoxy) is 1. The molecule has 0 amide bonds. The SMILES string of the molecule is CCOC(=O)C1C=C(CSc2ccncc2)N(c2ccccc2C(F)(F)F)C(C)=C1C#N. The molecule has 0 aliphatic carbocycles. The number of thioether (sulfide) groups is 1. The Labute approximate surface area is 188 Å². The van der Waals surface area contributed by atoms with Crippen molar-refractivity contribution in [1.29, 1.82) is 5.26 Å². The molecule has 0 spiro atoms. The number of hydrogen-bond acceptors (Lipinski definition) is 6. The quantitative estimate of drug-likeness (QED) is 0.415. The van der Waals surface area contributed by atoms with Crippen molar-refractivity contribution < 1.29 is 22.7 Å². The summed E-state index contributed by atoms with van der Waals surface area (Å²) in [6, 6.07) is 10.7. The number of nitrogens with zero attached hydrogens (tertiary/aromatic N) is 3. The molecule has 0 saturated heterocycles. The Kier molecular flexibility index (Phi) is 7.26. The predicted octanol–water partition coefficient (Wildman–Crippen LogP) is 5.57. The molecule has 1 atom stereocenters. The van der Waals surface area contributed by atoms with Gasteiger partial charge in [0.1, 0.15) is 5.92 Å². The number of aromatic nitrogens is 1. The van der Waals surface area contributed by atoms with Crippen molar-refractivity contribution in [1.82, 2.24) is 4.98 Å². The van der Waals surface area contributed by atoms with Crippen LogP contribution in [0.4, 0.5) is 18.9 Å². The van der Waals surface area contributed by atoms with Gasteiger partial charge in [-0.25, -0.2) is 0 Å². The first-order valence-electron chi connectivity index (χ1n) is 9.75. The molecule has 1 aliphatic heterocycles. The number of carbonyl (C=O) groups excluding carboxylic acids is 1. The Morgan fingerprint density at radius 1 is 1.25 bits per heavy atom. The van der Waals surface area contributed by atoms with Crippen molar-refractivity contribution in [3.8, 4) is 6.07 Å². The number of esters is 1. The van der Waals surface area contributed by atoms with Crippen molar-refractivity contribution in [2.45, 2.75) is 24.9 Å². The smallest absolute Gasteiger partial charge is 0.418 e. The van der Waals surface area contributed by atoms with Crippen LogP contribution >= 0.6 is 11.8 Å². The van der Waals surface area contributed by atoms with Crippen LogP contribution in [0.5, 0.6) is 0 Å². The van der Waals surface area contributed by atoms with Crippen molar-refractivity contribution >= 4 is 23.4 Å². The third-order valence-electron chi connectivity index (χ3n) is 4.83. The number of anilines is 1. The lowest BCUT2D eigenvalue weighted by Crippen LogP contribution is -2.33. The molecule has 3 rings (SSSR count). The third-order valence-corrected chi connectivity index (χ3v) is 5.88. The highest BCUT2D eigenvalue weighted by Crippen LogP contribution is 2.43. The molecule has 9 heteroatoms. The lowest BCUT2D eigenvalue weighted by Gasteiger charge is -2.35. The molecule has 166 valence electrons. The van der Waals surface area contributed by atoms with E-state index in [9.17, 15) is 23.2 Å². The van der Waals surface area contributed by atoms with Crippen LogP contribution in [0.15, 0.2) is 76.7 Å². The van der Waals surface area contributed by atoms with Crippen LogP contribution in [0.1, 0.15) is 19.4 Å². The fourth-order valence-corrected chi connectivity index (χ4v) is 4.28. The second kappa shape index (κ2) is 9.92. The summed E-state index contributed by atoms with van der Waals surface area (Å²) in [6.07, 6.45) is 0.166. The molecule has 0 radical (unpaired) electrons. The Balaban J connectivity index is 2.12. The van der Waals surface area contributed by atoms with E-state index >= 15 is 0 Å². The average Bonchev–Trinajstić information content (AvgIpc) is 2.77. The highest BCUT2D eigenvalue weighted by atomic mass is 32.2. The minimum absolute atomic E-state index is 0.0538. The maximum atomic E-state index is 13.8. The van der Waals surface area contributed by atoms with E-state index in [-0.39, 0.29) is 29.3 Å². The fraction of sp³-hybridized carbons (Fsp3) is 0.261. The number of carbonyl (C=O) groups is 1. The van der Waals surface area contributed by atoms with Crippen LogP contribution in [-0.2, 0) is 15.7 Å². The van der Waals surface area contributed by atoms with Crippen LogP contribution in [0.3, 0.4) is 0 Å². The largest absolute Gasteiger partial charge is 0.465 e. The zero-order valence-electron chi connectivity index (χ0n) is 17.4. The number of halogens is 3. The molecule has 2 heterocycles. The van der Waals surface area contributed by atoms with Crippen LogP contribution in [0.2, 0.25) is 0 Å². The monoisotopic (exact) mass is 459 g/mol. The predicted molar refractivity (Wildman–Crippen MR) is 115 cm³/mol. The van der Waals surface area contributed by atoms with Gasteiger partial charge >= 0.3 is 12.1 Å². The Morgan fingerprint density at radius 3 is 2.56 bits per heavy atom. The highest BCUT2D eigenvalue weighted by molar-refractivity contribution is 7.99. The van der Waals surface area contributed by atoms with E-state index < -0.39 is 23.6 Å². The molecule has 0 bridgehead atoms. The van der Waals surface area contributed by atoms with Crippen LogP contribution in [-0.4, -0.2) is 23.3 Å². The molecular weight excluding hydrogens is 439 g/mol. The van der Waals surface area contributed by atoms with Crippen molar-refractivity contribution in [3.63, 3.8) is 0 Å². The third kappa shape index (κ3) is 4.97. The average molecular weight is 459 g/mol. The van der Waals surface area contributed by atoms with Gasteiger partial charge in [0.2, 0.25) is 0 Å². The van der Waals surface area contributed by atoms with Crippen LogP contribution in [0, 0.1) is 17.2 Å². The summed E-state index contributed by atoms with van der Waals surface area (Å²) in [6.45, 7) is 3.32. The van der Waals surface area contributed by atoms with Gasteiger partial charge in [-0.3, -0.25) is 9.78 Å². The maximum Gasteiger partial charge on any atom is 0.418 e. The zero-order chi connectivity index (χ0) is 23.3. The number of pyridine rings is 1. The van der Waals surface area contributed by atoms with Gasteiger partial charge in [0.25, 0.3) is 0 Å². The van der Waals surface area contributed by atoms with E-state index in [4.69, 9.17) is 4.74 Å². The second-order valence-corrected chi connectivity index (χ2v) is 7.87. The summed E-state index contributed by atoms with van der Waals surface area (Å²) in [5, 5.41) is 9.73. The summed E-state index contributed by atoms with van der Waals surface area (Å²) in [4.78, 5) is 18.8. The number of hydrogen-bond donors (Lipinski definition) is 0. The summed E-state index contributed by atoms with van der Waals surface area (Å²) < 4.78 is 46.4. The number of benzene rings is 1. The van der Waals surface area contributed by atoms with Gasteiger partial charge in [-0.15, -0.1) is 11.8 Å². The van der Waals surface area contributed by atoms with Gasteiger partial charge in [0, 0.05) is 34.4 Å². The minimum Gasteiger partial charge on any atom is -0.465 e. The molecule has 5 nitrogen and oxygen atoms in total. The lowest BCUT2D eigenvalue weighted by molar-refractivity contribution is -0.145. The number of nitriles is 1. The first kappa shape index (κ1) is 23.4. The molecule has 32 heavy (non-hydrogen) atoms. The topological polar surface area (TPSA) is 66.2 Å². The summed E-state index contributed by atoms with van der Waals surface area (Å²) >= 11 is 1.39. The molecule has 0 saturated carbocycles. The van der Waals surface area contributed by atoms with Gasteiger partial charge in [-0.1, -0.05) is 12.1 Å². The minimum atomic E-state index is -4.59. The normalized spacial score (nSPS) is 16.4. The summed E-state index contributed by atoms with van der Waals surface area (Å²) in [5.41, 5.74) is -0.161. The standard InChI is InChI=1S/C23H20F3N3O2S/c1-3-31-22(30)18-12-16(14-32-17-8-10-28-11-9-17)29(15(2)19(18)13-27)21-7-5-4-6-20(21)23(24,25)26/h4-12,18H,3,14H2,1-2H3. The van der Waals surface area contributed by atoms with Crippen LogP contribution in [0.25, 0.3) is 0 Å². The van der Waals surface area contributed by atoms with Gasteiger partial charge in [0.15, 0.2) is 0 Å². The van der Waals surface area contributed by atoms with Crippen molar-refractivity contribution in [2.24, 2.45) is 5.92 Å². The highest BCUT2D eigenvalue weighted by Gasteiger charge is 2.38. The second-order valence-electron chi connectivity index (χ2n) is 6.82. The Hall–Kier alpha value is -3.25. The van der Waals surface area contributed by atoms with Crippen molar-refractivity contribution in [2.75, 3.05) is 17.3 Å². The molecule has 0 N–H and O–H groups in total. The Morgan fingerprint density at radius 2 is 1.94 bits per heavy atom. The molecule has 0 fully saturated rings. The first-order valence-corrected chi connectivity index (χ1v) is 10.7. The molecule has 1 aromatic carbocycles. The number of para-hydroxylation sites is 1. The van der Waals surface area contributed by atoms with E-state index in [1.54, 1.807) is 38.4 Å². The van der Waals surface area contributed by atoms with Crippen LogP contribution < -0.4 is 4.90 Å². The van der Waals surface area contributed by atoms with E-state index in [0.29, 0.717) is 5.70 Å². The number of alkyl halides is 3. The fourth-order valence-electron chi connectivity index (χ4n) is 3.43. The first-order chi connectivity index (χ1) is 15.3. The summed E-state index contributed by atoms with van der Waals surface area (Å²) in [7, 11) is 0. The van der Waals surface area contributed by atoms with E-state index in [0.717, 1.165) is 11.0 Å². The van der Waals surface area contributed by atoms with E-state index in [2.05, 4.69) is 4.98 Å². The maximum absolute atomic E-state index is 13.8. The number of rotatable bonds is 6. The van der Waals surface area contributed by atoms with Gasteiger partial charge < -0.3 is 9.64 Å². The molecule has 1 aromatic heterocycles. The molecule has 1 aliphatic rings. The zero-order valence-corrected chi connectivity index (χ0v) is 18.2.